The summed E-state index contributed by atoms with van der Waals surface area (Å²) in [5, 5.41) is 0. The highest BCUT2D eigenvalue weighted by Crippen LogP contribution is 2.16. The summed E-state index contributed by atoms with van der Waals surface area (Å²) >= 11 is 0. The predicted molar refractivity (Wildman–Crippen MR) is 132 cm³/mol. The van der Waals surface area contributed by atoms with Crippen LogP contribution < -0.4 is 4.74 Å². The minimum Gasteiger partial charge on any atom is -0.494 e. The Hall–Kier alpha value is -1.84. The molecule has 1 aromatic carbocycles. The molecule has 0 aliphatic carbocycles. The lowest BCUT2D eigenvalue weighted by Crippen LogP contribution is -2.11. The molecule has 32 heavy (non-hydrogen) atoms. The van der Waals surface area contributed by atoms with Crippen molar-refractivity contribution in [3.8, 4) is 5.75 Å². The van der Waals surface area contributed by atoms with Crippen LogP contribution >= 0.6 is 0 Å². The van der Waals surface area contributed by atoms with Crippen molar-refractivity contribution in [2.45, 2.75) is 123 Å². The van der Waals surface area contributed by atoms with Crippen molar-refractivity contribution < 1.29 is 19.1 Å². The third-order valence-electron chi connectivity index (χ3n) is 5.83. The Morgan fingerprint density at radius 3 is 1.69 bits per heavy atom. The first kappa shape index (κ1) is 28.2. The van der Waals surface area contributed by atoms with E-state index in [1.807, 2.05) is 6.07 Å². The van der Waals surface area contributed by atoms with Crippen LogP contribution in [-0.2, 0) is 9.53 Å². The quantitative estimate of drug-likeness (QED) is 0.115. The third-order valence-corrected chi connectivity index (χ3v) is 5.83. The van der Waals surface area contributed by atoms with E-state index < -0.39 is 11.9 Å². The molecule has 0 aliphatic heterocycles. The average molecular weight is 447 g/mol. The Morgan fingerprint density at radius 2 is 1.19 bits per heavy atom. The molecule has 0 aromatic heterocycles. The van der Waals surface area contributed by atoms with Crippen LogP contribution in [0.15, 0.2) is 24.3 Å². The normalized spacial score (nSPS) is 10.8. The molecular formula is C28H46O4. The predicted octanol–water partition coefficient (Wildman–Crippen LogP) is 8.42. The number of ether oxygens (including phenoxy) is 2. The zero-order chi connectivity index (χ0) is 23.3. The molecule has 0 unspecified atom stereocenters. The van der Waals surface area contributed by atoms with E-state index in [2.05, 4.69) is 6.92 Å². The summed E-state index contributed by atoms with van der Waals surface area (Å²) in [7, 11) is 0. The summed E-state index contributed by atoms with van der Waals surface area (Å²) in [6.45, 7) is 4.58. The second kappa shape index (κ2) is 19.8. The number of hydrogen-bond donors (Lipinski definition) is 0. The zero-order valence-corrected chi connectivity index (χ0v) is 20.7. The second-order valence-corrected chi connectivity index (χ2v) is 8.79. The summed E-state index contributed by atoms with van der Waals surface area (Å²) in [6.07, 6.45) is 21.7. The highest BCUT2D eigenvalue weighted by molar-refractivity contribution is 5.96. The van der Waals surface area contributed by atoms with Crippen LogP contribution in [0.1, 0.15) is 133 Å². The van der Waals surface area contributed by atoms with Gasteiger partial charge in [-0.1, -0.05) is 116 Å². The molecule has 4 nitrogen and oxygen atoms in total. The molecule has 0 heterocycles. The maximum Gasteiger partial charge on any atom is 0.345 e. The van der Waals surface area contributed by atoms with Gasteiger partial charge in [-0.2, -0.15) is 0 Å². The molecule has 4 heteroatoms. The van der Waals surface area contributed by atoms with Gasteiger partial charge in [0.2, 0.25) is 0 Å². The summed E-state index contributed by atoms with van der Waals surface area (Å²) in [5.41, 5.74) is 0.344. The first-order valence-corrected chi connectivity index (χ1v) is 13.1. The zero-order valence-electron chi connectivity index (χ0n) is 20.7. The average Bonchev–Trinajstić information content (AvgIpc) is 2.81. The molecule has 0 fully saturated rings. The van der Waals surface area contributed by atoms with Gasteiger partial charge in [0.05, 0.1) is 12.2 Å². The van der Waals surface area contributed by atoms with E-state index in [9.17, 15) is 9.59 Å². The number of carbonyl (C=O) groups is 2. The molecule has 0 N–H and O–H groups in total. The fraction of sp³-hybridized carbons (Fsp3) is 0.714. The Bertz CT molecular complexity index is 611. The van der Waals surface area contributed by atoms with E-state index in [0.717, 1.165) is 6.42 Å². The molecule has 0 atom stereocenters. The first-order chi connectivity index (χ1) is 15.7. The molecule has 0 radical (unpaired) electrons. The number of hydrogen-bond acceptors (Lipinski definition) is 4. The van der Waals surface area contributed by atoms with Gasteiger partial charge in [-0.3, -0.25) is 4.79 Å². The van der Waals surface area contributed by atoms with E-state index in [1.165, 1.54) is 96.3 Å². The maximum atomic E-state index is 11.9. The fourth-order valence-corrected chi connectivity index (χ4v) is 3.79. The minimum atomic E-state index is -0.621. The summed E-state index contributed by atoms with van der Waals surface area (Å²) < 4.78 is 10.5. The standard InChI is InChI=1S/C28H46O4/c1-3-5-6-7-8-9-10-11-12-13-14-15-16-17-18-19-23-31-26-22-20-21-25(24-26)28(30)32-27(29)4-2/h20-22,24H,3-19,23H2,1-2H3. The Labute approximate surface area is 196 Å². The smallest absolute Gasteiger partial charge is 0.345 e. The fourth-order valence-electron chi connectivity index (χ4n) is 3.79. The van der Waals surface area contributed by atoms with Crippen LogP contribution in [0, 0.1) is 0 Å². The third kappa shape index (κ3) is 15.0. The van der Waals surface area contributed by atoms with Crippen LogP contribution in [0.3, 0.4) is 0 Å². The van der Waals surface area contributed by atoms with Gasteiger partial charge in [0, 0.05) is 6.42 Å². The van der Waals surface area contributed by atoms with Crippen molar-refractivity contribution in [3.63, 3.8) is 0 Å². The van der Waals surface area contributed by atoms with Gasteiger partial charge >= 0.3 is 11.9 Å². The van der Waals surface area contributed by atoms with Gasteiger partial charge in [0.1, 0.15) is 5.75 Å². The van der Waals surface area contributed by atoms with Crippen LogP contribution in [-0.4, -0.2) is 18.5 Å². The van der Waals surface area contributed by atoms with E-state index in [1.54, 1.807) is 25.1 Å². The molecule has 0 aliphatic rings. The van der Waals surface area contributed by atoms with E-state index >= 15 is 0 Å². The van der Waals surface area contributed by atoms with Crippen molar-refractivity contribution in [2.24, 2.45) is 0 Å². The molecule has 0 bridgehead atoms. The largest absolute Gasteiger partial charge is 0.494 e. The molecule has 0 amide bonds. The van der Waals surface area contributed by atoms with Gasteiger partial charge in [0.15, 0.2) is 0 Å². The van der Waals surface area contributed by atoms with Crippen LogP contribution in [0.25, 0.3) is 0 Å². The van der Waals surface area contributed by atoms with E-state index in [4.69, 9.17) is 9.47 Å². The van der Waals surface area contributed by atoms with E-state index in [0.29, 0.717) is 17.9 Å². The maximum absolute atomic E-state index is 11.9. The van der Waals surface area contributed by atoms with Gasteiger partial charge in [0.25, 0.3) is 0 Å². The molecular weight excluding hydrogens is 400 g/mol. The van der Waals surface area contributed by atoms with Gasteiger partial charge < -0.3 is 9.47 Å². The minimum absolute atomic E-state index is 0.182. The first-order valence-electron chi connectivity index (χ1n) is 13.1. The summed E-state index contributed by atoms with van der Waals surface area (Å²) in [5.74, 6) is -0.497. The van der Waals surface area contributed by atoms with Crippen molar-refractivity contribution in [1.82, 2.24) is 0 Å². The monoisotopic (exact) mass is 446 g/mol. The van der Waals surface area contributed by atoms with Crippen LogP contribution in [0.5, 0.6) is 5.75 Å². The lowest BCUT2D eigenvalue weighted by atomic mass is 10.0. The topological polar surface area (TPSA) is 52.6 Å². The van der Waals surface area contributed by atoms with E-state index in [-0.39, 0.29) is 6.42 Å². The number of benzene rings is 1. The highest BCUT2D eigenvalue weighted by Gasteiger charge is 2.12. The van der Waals surface area contributed by atoms with Crippen molar-refractivity contribution in [1.29, 1.82) is 0 Å². The molecule has 1 rings (SSSR count). The molecule has 182 valence electrons. The second-order valence-electron chi connectivity index (χ2n) is 8.79. The SMILES string of the molecule is CCCCCCCCCCCCCCCCCCOc1cccc(C(=O)OC(=O)CC)c1. The Morgan fingerprint density at radius 1 is 0.688 bits per heavy atom. The summed E-state index contributed by atoms with van der Waals surface area (Å²) in [4.78, 5) is 23.2. The van der Waals surface area contributed by atoms with Gasteiger partial charge in [-0.15, -0.1) is 0 Å². The molecule has 0 saturated heterocycles. The number of esters is 2. The van der Waals surface area contributed by atoms with Crippen molar-refractivity contribution >= 4 is 11.9 Å². The number of rotatable bonds is 20. The Kier molecular flexibility index (Phi) is 17.5. The summed E-state index contributed by atoms with van der Waals surface area (Å²) in [6, 6.07) is 6.84. The van der Waals surface area contributed by atoms with Crippen LogP contribution in [0.4, 0.5) is 0 Å². The van der Waals surface area contributed by atoms with Gasteiger partial charge in [-0.25, -0.2) is 4.79 Å². The number of carbonyl (C=O) groups excluding carboxylic acids is 2. The lowest BCUT2D eigenvalue weighted by molar-refractivity contribution is -0.137. The van der Waals surface area contributed by atoms with Crippen molar-refractivity contribution in [2.75, 3.05) is 6.61 Å². The Balaban J connectivity index is 1.93. The highest BCUT2D eigenvalue weighted by atomic mass is 16.6. The molecule has 0 saturated carbocycles. The lowest BCUT2D eigenvalue weighted by Gasteiger charge is -2.08. The molecule has 1 aromatic rings. The number of unbranched alkanes of at least 4 members (excludes halogenated alkanes) is 15. The van der Waals surface area contributed by atoms with Gasteiger partial charge in [-0.05, 0) is 24.6 Å². The van der Waals surface area contributed by atoms with Crippen LogP contribution in [0.2, 0.25) is 0 Å². The molecule has 0 spiro atoms. The van der Waals surface area contributed by atoms with Crippen molar-refractivity contribution in [3.05, 3.63) is 29.8 Å².